The number of allylic oxidation sites excluding steroid dienone is 1. The molecule has 10 nitrogen and oxygen atoms in total. The second-order valence-corrected chi connectivity index (χ2v) is 9.52. The number of ether oxygens (including phenoxy) is 1. The highest BCUT2D eigenvalue weighted by Crippen LogP contribution is 2.31. The molecule has 0 fully saturated rings. The molecule has 39 heavy (non-hydrogen) atoms. The molecule has 0 radical (unpaired) electrons. The highest BCUT2D eigenvalue weighted by molar-refractivity contribution is 6.08. The maximum absolute atomic E-state index is 12.1. The number of hydrogen-bond acceptors (Lipinski definition) is 8. The number of aromatic nitrogens is 2. The van der Waals surface area contributed by atoms with E-state index in [9.17, 15) is 9.59 Å². The quantitative estimate of drug-likeness (QED) is 0.311. The molecule has 0 saturated carbocycles. The topological polar surface area (TPSA) is 146 Å². The van der Waals surface area contributed by atoms with E-state index in [1.807, 2.05) is 56.3 Å². The van der Waals surface area contributed by atoms with Crippen molar-refractivity contribution in [3.05, 3.63) is 71.6 Å². The van der Waals surface area contributed by atoms with E-state index in [1.54, 1.807) is 17.9 Å². The number of fused-ring (bicyclic) bond motifs is 1. The van der Waals surface area contributed by atoms with Crippen LogP contribution in [0, 0.1) is 5.41 Å². The highest BCUT2D eigenvalue weighted by atomic mass is 16.5. The largest absolute Gasteiger partial charge is 0.484 e. The van der Waals surface area contributed by atoms with Gasteiger partial charge in [-0.1, -0.05) is 24.3 Å². The second kappa shape index (κ2) is 12.2. The molecule has 5 N–H and O–H groups in total. The lowest BCUT2D eigenvalue weighted by molar-refractivity contribution is -0.129. The number of amides is 2. The Hall–Kier alpha value is -4.73. The summed E-state index contributed by atoms with van der Waals surface area (Å²) >= 11 is 0. The molecule has 1 aromatic heterocycles. The third-order valence-corrected chi connectivity index (χ3v) is 6.23. The number of nitrogens with one attached hydrogen (secondary N) is 3. The number of anilines is 2. The van der Waals surface area contributed by atoms with E-state index in [0.29, 0.717) is 42.5 Å². The first-order valence-corrected chi connectivity index (χ1v) is 12.7. The number of nitrogens with two attached hydrogens (primary N) is 1. The van der Waals surface area contributed by atoms with E-state index < -0.39 is 0 Å². The Balaban J connectivity index is 1.65. The molecule has 0 aliphatic carbocycles. The van der Waals surface area contributed by atoms with Crippen LogP contribution in [0.2, 0.25) is 0 Å². The van der Waals surface area contributed by atoms with Crippen molar-refractivity contribution in [1.29, 1.82) is 5.41 Å². The van der Waals surface area contributed by atoms with E-state index >= 15 is 0 Å². The Morgan fingerprint density at radius 3 is 2.62 bits per heavy atom. The van der Waals surface area contributed by atoms with Crippen LogP contribution in [0.25, 0.3) is 17.0 Å². The van der Waals surface area contributed by atoms with Crippen molar-refractivity contribution in [1.82, 2.24) is 20.2 Å². The first-order chi connectivity index (χ1) is 18.8. The van der Waals surface area contributed by atoms with E-state index in [4.69, 9.17) is 25.8 Å². The summed E-state index contributed by atoms with van der Waals surface area (Å²) in [5, 5.41) is 13.7. The average molecular weight is 528 g/mol. The molecule has 10 heteroatoms. The molecule has 0 unspecified atom stereocenters. The first-order valence-electron chi connectivity index (χ1n) is 12.7. The molecule has 0 atom stereocenters. The summed E-state index contributed by atoms with van der Waals surface area (Å²) in [5.41, 5.74) is 10.3. The molecule has 0 spiro atoms. The fourth-order valence-electron chi connectivity index (χ4n) is 4.26. The van der Waals surface area contributed by atoms with E-state index in [-0.39, 0.29) is 24.5 Å². The predicted molar refractivity (Wildman–Crippen MR) is 152 cm³/mol. The fourth-order valence-corrected chi connectivity index (χ4v) is 4.26. The second-order valence-electron chi connectivity index (χ2n) is 9.52. The van der Waals surface area contributed by atoms with Gasteiger partial charge in [-0.2, -0.15) is 0 Å². The number of hydrogen-bond donors (Lipinski definition) is 4. The normalized spacial score (nSPS) is 13.0. The summed E-state index contributed by atoms with van der Waals surface area (Å²) < 4.78 is 5.70. The van der Waals surface area contributed by atoms with E-state index in [2.05, 4.69) is 10.6 Å². The zero-order valence-corrected chi connectivity index (χ0v) is 22.3. The van der Waals surface area contributed by atoms with Crippen LogP contribution in [0.5, 0.6) is 5.75 Å². The van der Waals surface area contributed by atoms with Crippen LogP contribution in [0.15, 0.2) is 54.7 Å². The molecule has 3 aromatic rings. The Kier molecular flexibility index (Phi) is 8.55. The number of benzene rings is 2. The van der Waals surface area contributed by atoms with Gasteiger partial charge < -0.3 is 31.4 Å². The minimum atomic E-state index is -0.192. The molecule has 202 valence electrons. The van der Waals surface area contributed by atoms with Crippen LogP contribution in [-0.2, 0) is 22.6 Å². The van der Waals surface area contributed by atoms with Crippen molar-refractivity contribution in [2.75, 3.05) is 18.5 Å². The summed E-state index contributed by atoms with van der Waals surface area (Å²) in [6.07, 6.45) is 3.21. The van der Waals surface area contributed by atoms with Crippen molar-refractivity contribution < 1.29 is 14.3 Å². The maximum Gasteiger partial charge on any atom is 0.258 e. The lowest BCUT2D eigenvalue weighted by atomic mass is 10.0. The standard InChI is InChI=1S/C29H33N7O3/c1-18(2)32-27(38)17-39-24-6-4-5-21(13-24)28-34-26-11-12-36(19(3)37)16-25(26)29(35-28)33-23-9-7-20(8-10-23)22(14-30)15-31/h4-10,13-15,18,30H,11-12,16-17,31H2,1-3H3,(H,32,38)(H,33,34,35)/b22-15+,30-14?. The van der Waals surface area contributed by atoms with Gasteiger partial charge in [-0.25, -0.2) is 9.97 Å². The fraction of sp³-hybridized carbons (Fsp3) is 0.276. The Bertz CT molecular complexity index is 1400. The molecule has 0 bridgehead atoms. The van der Waals surface area contributed by atoms with Crippen molar-refractivity contribution in [2.24, 2.45) is 5.73 Å². The number of nitrogens with zero attached hydrogens (tertiary/aromatic N) is 3. The first kappa shape index (κ1) is 27.3. The summed E-state index contributed by atoms with van der Waals surface area (Å²) in [5.74, 6) is 1.47. The van der Waals surface area contributed by atoms with E-state index in [0.717, 1.165) is 28.1 Å². The monoisotopic (exact) mass is 527 g/mol. The summed E-state index contributed by atoms with van der Waals surface area (Å²) in [7, 11) is 0. The minimum absolute atomic E-state index is 0.000807. The third-order valence-electron chi connectivity index (χ3n) is 6.23. The van der Waals surface area contributed by atoms with Crippen LogP contribution in [0.1, 0.15) is 37.6 Å². The molecule has 2 aromatic carbocycles. The van der Waals surface area contributed by atoms with Crippen molar-refractivity contribution in [2.45, 2.75) is 39.8 Å². The van der Waals surface area contributed by atoms with Crippen LogP contribution in [0.3, 0.4) is 0 Å². The summed E-state index contributed by atoms with van der Waals surface area (Å²) in [6, 6.07) is 14.9. The molecular formula is C29H33N7O3. The van der Waals surface area contributed by atoms with Crippen molar-refractivity contribution in [3.63, 3.8) is 0 Å². The number of rotatable bonds is 9. The zero-order chi connectivity index (χ0) is 27.9. The molecule has 1 aliphatic heterocycles. The third kappa shape index (κ3) is 6.78. The van der Waals surface area contributed by atoms with Gasteiger partial charge in [0.25, 0.3) is 5.91 Å². The lowest BCUT2D eigenvalue weighted by Gasteiger charge is -2.29. The smallest absolute Gasteiger partial charge is 0.258 e. The Morgan fingerprint density at radius 2 is 1.95 bits per heavy atom. The van der Waals surface area contributed by atoms with Crippen LogP contribution >= 0.6 is 0 Å². The van der Waals surface area contributed by atoms with Gasteiger partial charge in [0.15, 0.2) is 12.4 Å². The number of carbonyl (C=O) groups is 2. The molecule has 2 heterocycles. The molecule has 1 aliphatic rings. The summed E-state index contributed by atoms with van der Waals surface area (Å²) in [4.78, 5) is 35.6. The maximum atomic E-state index is 12.1. The Morgan fingerprint density at radius 1 is 1.18 bits per heavy atom. The highest BCUT2D eigenvalue weighted by Gasteiger charge is 2.24. The predicted octanol–water partition coefficient (Wildman–Crippen LogP) is 3.64. The molecular weight excluding hydrogens is 494 g/mol. The van der Waals surface area contributed by atoms with Gasteiger partial charge in [-0.3, -0.25) is 9.59 Å². The van der Waals surface area contributed by atoms with Gasteiger partial charge >= 0.3 is 0 Å². The van der Waals surface area contributed by atoms with Crippen molar-refractivity contribution in [3.8, 4) is 17.1 Å². The SMILES string of the molecule is CC(=O)N1CCc2nc(-c3cccc(OCC(=O)NC(C)C)c3)nc(Nc3ccc(/C(C=N)=C/N)cc3)c2C1. The van der Waals surface area contributed by atoms with Gasteiger partial charge in [0.2, 0.25) is 5.91 Å². The van der Waals surface area contributed by atoms with Gasteiger partial charge in [-0.05, 0) is 43.7 Å². The number of carbonyl (C=O) groups excluding carboxylic acids is 2. The zero-order valence-electron chi connectivity index (χ0n) is 22.3. The van der Waals surface area contributed by atoms with Crippen molar-refractivity contribution >= 4 is 35.1 Å². The molecule has 4 rings (SSSR count). The van der Waals surface area contributed by atoms with Crippen LogP contribution in [0.4, 0.5) is 11.5 Å². The van der Waals surface area contributed by atoms with Gasteiger partial charge in [0.1, 0.15) is 11.6 Å². The lowest BCUT2D eigenvalue weighted by Crippen LogP contribution is -2.35. The van der Waals surface area contributed by atoms with Gasteiger partial charge in [-0.15, -0.1) is 0 Å². The van der Waals surface area contributed by atoms with Gasteiger partial charge in [0.05, 0.1) is 12.2 Å². The molecule has 0 saturated heterocycles. The molecule has 2 amide bonds. The Labute approximate surface area is 227 Å². The minimum Gasteiger partial charge on any atom is -0.484 e. The summed E-state index contributed by atoms with van der Waals surface area (Å²) in [6.45, 7) is 6.25. The van der Waals surface area contributed by atoms with Crippen LogP contribution < -0.4 is 21.1 Å². The van der Waals surface area contributed by atoms with Crippen LogP contribution in [-0.4, -0.2) is 52.1 Å². The van der Waals surface area contributed by atoms with Gasteiger partial charge in [0, 0.05) is 60.7 Å². The average Bonchev–Trinajstić information content (AvgIpc) is 2.93. The van der Waals surface area contributed by atoms with E-state index in [1.165, 1.54) is 12.4 Å².